The third kappa shape index (κ3) is 2.23. The molecule has 0 radical (unpaired) electrons. The highest BCUT2D eigenvalue weighted by atomic mass is 16.7. The zero-order valence-electron chi connectivity index (χ0n) is 8.15. The zero-order chi connectivity index (χ0) is 9.80. The summed E-state index contributed by atoms with van der Waals surface area (Å²) in [5.41, 5.74) is 0. The molecule has 0 aliphatic carbocycles. The highest BCUT2D eigenvalue weighted by molar-refractivity contribution is 5.48. The first-order valence-corrected chi connectivity index (χ1v) is 5.05. The molecule has 2 heterocycles. The third-order valence-corrected chi connectivity index (χ3v) is 2.69. The van der Waals surface area contributed by atoms with E-state index in [4.69, 9.17) is 9.47 Å². The summed E-state index contributed by atoms with van der Waals surface area (Å²) in [5.74, 6) is 0. The minimum absolute atomic E-state index is 0.123. The lowest BCUT2D eigenvalue weighted by Gasteiger charge is -2.34. The Bertz CT molecular complexity index is 194. The van der Waals surface area contributed by atoms with Gasteiger partial charge in [0.05, 0.1) is 13.2 Å². The molecule has 2 saturated heterocycles. The summed E-state index contributed by atoms with van der Waals surface area (Å²) in [6, 6.07) is 0.212. The van der Waals surface area contributed by atoms with Crippen molar-refractivity contribution in [2.75, 3.05) is 32.8 Å². The van der Waals surface area contributed by atoms with E-state index in [1.807, 2.05) is 4.90 Å². The molecule has 0 saturated carbocycles. The summed E-state index contributed by atoms with van der Waals surface area (Å²) in [4.78, 5) is 12.6. The molecule has 0 aromatic heterocycles. The van der Waals surface area contributed by atoms with Gasteiger partial charge in [0.25, 0.3) is 0 Å². The number of hydrogen-bond donors (Lipinski definition) is 1. The average Bonchev–Trinajstić information content (AvgIpc) is 2.71. The molecule has 0 bridgehead atoms. The van der Waals surface area contributed by atoms with Crippen molar-refractivity contribution in [3.8, 4) is 0 Å². The first kappa shape index (κ1) is 9.89. The van der Waals surface area contributed by atoms with Crippen LogP contribution in [0.2, 0.25) is 0 Å². The number of nitrogens with one attached hydrogen (secondary N) is 1. The number of carbonyl (C=O) groups excluding carboxylic acids is 1. The normalized spacial score (nSPS) is 29.4. The number of piperazine rings is 1. The maximum Gasteiger partial charge on any atom is 0.210 e. The maximum absolute atomic E-state index is 10.8. The van der Waals surface area contributed by atoms with Crippen molar-refractivity contribution in [2.24, 2.45) is 0 Å². The number of nitrogens with zero attached hydrogens (tertiary/aromatic N) is 1. The Hall–Kier alpha value is -0.650. The van der Waals surface area contributed by atoms with E-state index in [2.05, 4.69) is 5.32 Å². The molecule has 14 heavy (non-hydrogen) atoms. The number of hydrogen-bond acceptors (Lipinski definition) is 4. The molecule has 0 spiro atoms. The Balaban J connectivity index is 1.83. The largest absolute Gasteiger partial charge is 0.350 e. The van der Waals surface area contributed by atoms with Gasteiger partial charge in [-0.15, -0.1) is 0 Å². The van der Waals surface area contributed by atoms with Crippen molar-refractivity contribution in [1.29, 1.82) is 0 Å². The lowest BCUT2D eigenvalue weighted by atomic mass is 10.1. The van der Waals surface area contributed by atoms with Crippen molar-refractivity contribution in [2.45, 2.75) is 18.8 Å². The Labute approximate surface area is 83.3 Å². The summed E-state index contributed by atoms with van der Waals surface area (Å²) in [6.07, 6.45) is 1.56. The molecule has 2 rings (SSSR count). The Morgan fingerprint density at radius 3 is 2.93 bits per heavy atom. The van der Waals surface area contributed by atoms with Gasteiger partial charge in [-0.25, -0.2) is 0 Å². The predicted molar refractivity (Wildman–Crippen MR) is 49.7 cm³/mol. The van der Waals surface area contributed by atoms with E-state index in [9.17, 15) is 4.79 Å². The molecular formula is C9H16N2O3. The lowest BCUT2D eigenvalue weighted by Crippen LogP contribution is -2.51. The van der Waals surface area contributed by atoms with Crippen molar-refractivity contribution >= 4 is 6.41 Å². The minimum atomic E-state index is -0.123. The smallest absolute Gasteiger partial charge is 0.210 e. The van der Waals surface area contributed by atoms with Crippen LogP contribution in [0.4, 0.5) is 0 Å². The second-order valence-corrected chi connectivity index (χ2v) is 3.61. The van der Waals surface area contributed by atoms with E-state index in [1.165, 1.54) is 0 Å². The molecule has 1 atom stereocenters. The molecule has 1 N–H and O–H groups in total. The number of carbonyl (C=O) groups is 1. The fourth-order valence-electron chi connectivity index (χ4n) is 1.90. The fraction of sp³-hybridized carbons (Fsp3) is 0.889. The summed E-state index contributed by atoms with van der Waals surface area (Å²) in [7, 11) is 0. The Morgan fingerprint density at radius 1 is 1.43 bits per heavy atom. The Morgan fingerprint density at radius 2 is 2.21 bits per heavy atom. The zero-order valence-corrected chi connectivity index (χ0v) is 8.15. The van der Waals surface area contributed by atoms with E-state index in [1.54, 1.807) is 0 Å². The summed E-state index contributed by atoms with van der Waals surface area (Å²) in [5, 5.41) is 3.26. The summed E-state index contributed by atoms with van der Waals surface area (Å²) in [6.45, 7) is 3.84. The predicted octanol–water partition coefficient (Wildman–Crippen LogP) is -0.820. The van der Waals surface area contributed by atoms with Crippen LogP contribution in [0.5, 0.6) is 0 Å². The highest BCUT2D eigenvalue weighted by Crippen LogP contribution is 2.14. The topological polar surface area (TPSA) is 50.8 Å². The summed E-state index contributed by atoms with van der Waals surface area (Å²) < 4.78 is 10.7. The maximum atomic E-state index is 10.8. The molecule has 0 aromatic rings. The number of amides is 1. The second kappa shape index (κ2) is 4.72. The van der Waals surface area contributed by atoms with Gasteiger partial charge in [-0.05, 0) is 0 Å². The molecular weight excluding hydrogens is 184 g/mol. The molecule has 0 aromatic carbocycles. The fourth-order valence-corrected chi connectivity index (χ4v) is 1.90. The van der Waals surface area contributed by atoms with Crippen LogP contribution in [0.15, 0.2) is 0 Å². The van der Waals surface area contributed by atoms with Gasteiger partial charge in [0.1, 0.15) is 0 Å². The van der Waals surface area contributed by atoms with Gasteiger partial charge in [0.2, 0.25) is 6.41 Å². The van der Waals surface area contributed by atoms with E-state index in [0.717, 1.165) is 32.5 Å². The van der Waals surface area contributed by atoms with Crippen molar-refractivity contribution in [3.63, 3.8) is 0 Å². The average molecular weight is 200 g/mol. The van der Waals surface area contributed by atoms with Crippen LogP contribution < -0.4 is 5.32 Å². The quantitative estimate of drug-likeness (QED) is 0.605. The van der Waals surface area contributed by atoms with E-state index in [0.29, 0.717) is 13.2 Å². The highest BCUT2D eigenvalue weighted by Gasteiger charge is 2.26. The molecule has 2 aliphatic rings. The van der Waals surface area contributed by atoms with Gasteiger partial charge in [-0.3, -0.25) is 4.79 Å². The molecule has 80 valence electrons. The molecule has 1 amide bonds. The molecule has 5 heteroatoms. The van der Waals surface area contributed by atoms with Crippen LogP contribution in [0.3, 0.4) is 0 Å². The standard InChI is InChI=1S/C9H16N2O3/c12-7-11-2-1-10-6-8(11)5-9-13-3-4-14-9/h7-10H,1-6H2. The molecule has 2 fully saturated rings. The van der Waals surface area contributed by atoms with Crippen molar-refractivity contribution in [1.82, 2.24) is 10.2 Å². The van der Waals surface area contributed by atoms with Crippen LogP contribution in [-0.4, -0.2) is 56.5 Å². The number of rotatable bonds is 3. The van der Waals surface area contributed by atoms with Gasteiger partial charge in [0.15, 0.2) is 6.29 Å². The van der Waals surface area contributed by atoms with Crippen LogP contribution in [0.1, 0.15) is 6.42 Å². The van der Waals surface area contributed by atoms with Crippen LogP contribution >= 0.6 is 0 Å². The Kier molecular flexibility index (Phi) is 3.34. The van der Waals surface area contributed by atoms with Gasteiger partial charge in [-0.2, -0.15) is 0 Å². The van der Waals surface area contributed by atoms with Gasteiger partial charge in [-0.1, -0.05) is 0 Å². The van der Waals surface area contributed by atoms with Gasteiger partial charge in [0, 0.05) is 32.1 Å². The van der Waals surface area contributed by atoms with Gasteiger partial charge >= 0.3 is 0 Å². The first-order valence-electron chi connectivity index (χ1n) is 5.05. The van der Waals surface area contributed by atoms with Crippen LogP contribution in [0.25, 0.3) is 0 Å². The van der Waals surface area contributed by atoms with E-state index in [-0.39, 0.29) is 12.3 Å². The van der Waals surface area contributed by atoms with Crippen molar-refractivity contribution < 1.29 is 14.3 Å². The molecule has 2 aliphatic heterocycles. The number of ether oxygens (including phenoxy) is 2. The van der Waals surface area contributed by atoms with Gasteiger partial charge < -0.3 is 19.7 Å². The molecule has 1 unspecified atom stereocenters. The lowest BCUT2D eigenvalue weighted by molar-refractivity contribution is -0.123. The SMILES string of the molecule is O=CN1CCNCC1CC1OCCO1. The first-order chi connectivity index (χ1) is 6.90. The van der Waals surface area contributed by atoms with Crippen LogP contribution in [0, 0.1) is 0 Å². The molecule has 5 nitrogen and oxygen atoms in total. The van der Waals surface area contributed by atoms with Crippen LogP contribution in [-0.2, 0) is 14.3 Å². The summed E-state index contributed by atoms with van der Waals surface area (Å²) >= 11 is 0. The second-order valence-electron chi connectivity index (χ2n) is 3.61. The van der Waals surface area contributed by atoms with Crippen molar-refractivity contribution in [3.05, 3.63) is 0 Å². The van der Waals surface area contributed by atoms with E-state index >= 15 is 0 Å². The monoisotopic (exact) mass is 200 g/mol. The van der Waals surface area contributed by atoms with E-state index < -0.39 is 0 Å². The third-order valence-electron chi connectivity index (χ3n) is 2.69. The minimum Gasteiger partial charge on any atom is -0.350 e.